The minimum atomic E-state index is 0.160. The number of thiophene rings is 1. The quantitative estimate of drug-likeness (QED) is 0.327. The van der Waals surface area contributed by atoms with Gasteiger partial charge < -0.3 is 0 Å². The van der Waals surface area contributed by atoms with Crippen LogP contribution >= 0.6 is 11.3 Å². The smallest absolute Gasteiger partial charge is 0.0349 e. The van der Waals surface area contributed by atoms with Gasteiger partial charge >= 0.3 is 0 Å². The lowest BCUT2D eigenvalue weighted by atomic mass is 9.70. The van der Waals surface area contributed by atoms with Crippen molar-refractivity contribution < 1.29 is 0 Å². The second kappa shape index (κ2) is 9.40. The second-order valence-corrected chi connectivity index (χ2v) is 12.7. The van der Waals surface area contributed by atoms with Crippen LogP contribution in [-0.4, -0.2) is 0 Å². The predicted molar refractivity (Wildman–Crippen MR) is 164 cm³/mol. The average Bonchev–Trinajstić information content (AvgIpc) is 3.56. The van der Waals surface area contributed by atoms with Crippen molar-refractivity contribution >= 4 is 16.9 Å². The van der Waals surface area contributed by atoms with Gasteiger partial charge in [0.25, 0.3) is 0 Å². The van der Waals surface area contributed by atoms with Crippen molar-refractivity contribution in [3.05, 3.63) is 137 Å². The van der Waals surface area contributed by atoms with Gasteiger partial charge in [0.05, 0.1) is 0 Å². The van der Waals surface area contributed by atoms with E-state index in [9.17, 15) is 0 Å². The molecule has 7 rings (SSSR count). The minimum Gasteiger partial charge on any atom is -0.135 e. The Hall–Kier alpha value is -3.42. The zero-order valence-electron chi connectivity index (χ0n) is 22.3. The summed E-state index contributed by atoms with van der Waals surface area (Å²) in [4.78, 5) is 2.67. The molecule has 38 heavy (non-hydrogen) atoms. The Balaban J connectivity index is 1.19. The van der Waals surface area contributed by atoms with E-state index in [-0.39, 0.29) is 5.41 Å². The minimum absolute atomic E-state index is 0.160. The SMILES string of the molecule is CC1(C)C2=C(CCC(c3cccc(-c4ccc(-c5ccccc5)s4)c3)=C2)C2=CC=C(C3=CC=CCC3)C[C@@H]21. The Morgan fingerprint density at radius 1 is 0.711 bits per heavy atom. The summed E-state index contributed by atoms with van der Waals surface area (Å²) < 4.78 is 0. The van der Waals surface area contributed by atoms with E-state index in [1.54, 1.807) is 27.9 Å². The first-order chi connectivity index (χ1) is 18.6. The van der Waals surface area contributed by atoms with Crippen LogP contribution in [0.1, 0.15) is 51.5 Å². The molecule has 0 nitrogen and oxygen atoms in total. The number of hydrogen-bond acceptors (Lipinski definition) is 1. The molecule has 0 radical (unpaired) electrons. The third-order valence-electron chi connectivity index (χ3n) is 9.07. The van der Waals surface area contributed by atoms with Crippen LogP contribution in [0.25, 0.3) is 26.5 Å². The van der Waals surface area contributed by atoms with Crippen molar-refractivity contribution in [1.29, 1.82) is 0 Å². The van der Waals surface area contributed by atoms with E-state index >= 15 is 0 Å². The topological polar surface area (TPSA) is 0 Å². The number of fused-ring (bicyclic) bond motifs is 2. The summed E-state index contributed by atoms with van der Waals surface area (Å²) in [6.45, 7) is 4.97. The fourth-order valence-electron chi connectivity index (χ4n) is 6.91. The van der Waals surface area contributed by atoms with Crippen LogP contribution in [0.4, 0.5) is 0 Å². The van der Waals surface area contributed by atoms with Gasteiger partial charge in [-0.1, -0.05) is 98.8 Å². The van der Waals surface area contributed by atoms with Gasteiger partial charge in [-0.15, -0.1) is 11.3 Å². The zero-order chi connectivity index (χ0) is 25.7. The first kappa shape index (κ1) is 23.7. The van der Waals surface area contributed by atoms with Crippen molar-refractivity contribution in [2.24, 2.45) is 11.3 Å². The highest BCUT2D eigenvalue weighted by molar-refractivity contribution is 7.18. The predicted octanol–water partition coefficient (Wildman–Crippen LogP) is 10.7. The van der Waals surface area contributed by atoms with Crippen LogP contribution in [0.5, 0.6) is 0 Å². The van der Waals surface area contributed by atoms with E-state index in [2.05, 4.69) is 117 Å². The summed E-state index contributed by atoms with van der Waals surface area (Å²) in [5, 5.41) is 0. The molecule has 0 unspecified atom stereocenters. The number of benzene rings is 2. The summed E-state index contributed by atoms with van der Waals surface area (Å²) in [5.74, 6) is 0.587. The van der Waals surface area contributed by atoms with E-state index in [0.29, 0.717) is 5.92 Å². The van der Waals surface area contributed by atoms with E-state index in [4.69, 9.17) is 0 Å². The van der Waals surface area contributed by atoms with Crippen LogP contribution in [0.2, 0.25) is 0 Å². The van der Waals surface area contributed by atoms with E-state index in [1.165, 1.54) is 51.3 Å². The molecule has 0 amide bonds. The van der Waals surface area contributed by atoms with Crippen molar-refractivity contribution in [3.63, 3.8) is 0 Å². The fourth-order valence-corrected chi connectivity index (χ4v) is 7.92. The lowest BCUT2D eigenvalue weighted by Crippen LogP contribution is -2.24. The zero-order valence-corrected chi connectivity index (χ0v) is 23.2. The maximum absolute atomic E-state index is 2.56. The molecule has 1 aromatic heterocycles. The normalized spacial score (nSPS) is 21.8. The molecular weight excluding hydrogens is 476 g/mol. The van der Waals surface area contributed by atoms with Gasteiger partial charge in [0.2, 0.25) is 0 Å². The Kier molecular flexibility index (Phi) is 5.86. The standard InChI is InChI=1S/C37H34S/c1-37(2)33-23-28(25-10-5-3-6-11-25)16-18-31(33)32-19-17-29(24-34(32)37)27-14-9-15-30(22-27)36-21-20-35(38-36)26-12-7-4-8-13-26/h3-5,7-10,12-16,18,20-22,24,33H,6,11,17,19,23H2,1-2H3/t33-/m0/s1. The van der Waals surface area contributed by atoms with E-state index in [1.807, 2.05) is 11.3 Å². The molecule has 0 spiro atoms. The molecule has 1 atom stereocenters. The lowest BCUT2D eigenvalue weighted by molar-refractivity contribution is 0.331. The van der Waals surface area contributed by atoms with E-state index in [0.717, 1.165) is 12.8 Å². The van der Waals surface area contributed by atoms with Gasteiger partial charge in [-0.3, -0.25) is 0 Å². The Morgan fingerprint density at radius 3 is 2.32 bits per heavy atom. The molecule has 4 aliphatic rings. The molecule has 0 saturated heterocycles. The average molecular weight is 511 g/mol. The molecule has 188 valence electrons. The highest BCUT2D eigenvalue weighted by atomic mass is 32.1. The van der Waals surface area contributed by atoms with Gasteiger partial charge in [0.1, 0.15) is 0 Å². The molecular formula is C37H34S. The molecule has 0 saturated carbocycles. The maximum atomic E-state index is 2.56. The van der Waals surface area contributed by atoms with Gasteiger partial charge in [0.15, 0.2) is 0 Å². The summed E-state index contributed by atoms with van der Waals surface area (Å²) >= 11 is 1.88. The summed E-state index contributed by atoms with van der Waals surface area (Å²) in [5.41, 5.74) is 13.5. The molecule has 4 aliphatic carbocycles. The number of allylic oxidation sites excluding steroid dienone is 12. The Morgan fingerprint density at radius 2 is 1.50 bits per heavy atom. The van der Waals surface area contributed by atoms with Crippen LogP contribution < -0.4 is 0 Å². The van der Waals surface area contributed by atoms with Crippen molar-refractivity contribution in [3.8, 4) is 20.9 Å². The second-order valence-electron chi connectivity index (χ2n) is 11.6. The summed E-state index contributed by atoms with van der Waals surface area (Å²) in [7, 11) is 0. The lowest BCUT2D eigenvalue weighted by Gasteiger charge is -2.33. The van der Waals surface area contributed by atoms with E-state index < -0.39 is 0 Å². The fraction of sp³-hybridized carbons (Fsp3) is 0.243. The maximum Gasteiger partial charge on any atom is 0.0349 e. The third-order valence-corrected chi connectivity index (χ3v) is 10.3. The van der Waals surface area contributed by atoms with Crippen molar-refractivity contribution in [2.75, 3.05) is 0 Å². The summed E-state index contributed by atoms with van der Waals surface area (Å²) in [6.07, 6.45) is 20.1. The first-order valence-electron chi connectivity index (χ1n) is 14.1. The van der Waals surface area contributed by atoms with Gasteiger partial charge in [-0.25, -0.2) is 0 Å². The van der Waals surface area contributed by atoms with Gasteiger partial charge in [0, 0.05) is 9.75 Å². The molecule has 2 aromatic carbocycles. The Labute approximate surface area is 231 Å². The molecule has 0 aliphatic heterocycles. The monoisotopic (exact) mass is 510 g/mol. The van der Waals surface area contributed by atoms with Crippen LogP contribution in [-0.2, 0) is 0 Å². The molecule has 3 aromatic rings. The molecule has 0 fully saturated rings. The van der Waals surface area contributed by atoms with Gasteiger partial charge in [-0.2, -0.15) is 0 Å². The highest BCUT2D eigenvalue weighted by Gasteiger charge is 2.45. The van der Waals surface area contributed by atoms with Crippen LogP contribution in [0.3, 0.4) is 0 Å². The Bertz CT molecular complexity index is 1590. The molecule has 0 N–H and O–H groups in total. The van der Waals surface area contributed by atoms with Crippen LogP contribution in [0.15, 0.2) is 131 Å². The van der Waals surface area contributed by atoms with Gasteiger partial charge in [-0.05, 0) is 112 Å². The van der Waals surface area contributed by atoms with Crippen LogP contribution in [0, 0.1) is 11.3 Å². The molecule has 1 heterocycles. The van der Waals surface area contributed by atoms with Crippen molar-refractivity contribution in [2.45, 2.75) is 46.0 Å². The first-order valence-corrected chi connectivity index (χ1v) is 14.9. The third kappa shape index (κ3) is 4.05. The highest BCUT2D eigenvalue weighted by Crippen LogP contribution is 2.58. The largest absolute Gasteiger partial charge is 0.135 e. The molecule has 1 heteroatoms. The number of hydrogen-bond donors (Lipinski definition) is 0. The number of rotatable bonds is 4. The summed E-state index contributed by atoms with van der Waals surface area (Å²) in [6, 6.07) is 24.5. The molecule has 0 bridgehead atoms. The van der Waals surface area contributed by atoms with Crippen molar-refractivity contribution in [1.82, 2.24) is 0 Å².